The summed E-state index contributed by atoms with van der Waals surface area (Å²) in [7, 11) is 0. The van der Waals surface area contributed by atoms with Gasteiger partial charge in [0.25, 0.3) is 0 Å². The second-order valence-electron chi connectivity index (χ2n) is 8.29. The lowest BCUT2D eigenvalue weighted by Gasteiger charge is -2.32. The molecular formula is C25H30ClFN2O2. The summed E-state index contributed by atoms with van der Waals surface area (Å²) < 4.78 is 13.4. The van der Waals surface area contributed by atoms with E-state index in [4.69, 9.17) is 11.6 Å². The first kappa shape index (κ1) is 23.3. The Kier molecular flexibility index (Phi) is 8.47. The van der Waals surface area contributed by atoms with Gasteiger partial charge >= 0.3 is 0 Å². The first-order chi connectivity index (χ1) is 15.0. The van der Waals surface area contributed by atoms with Crippen molar-refractivity contribution < 1.29 is 14.0 Å². The van der Waals surface area contributed by atoms with E-state index in [1.165, 1.54) is 29.9 Å². The summed E-state index contributed by atoms with van der Waals surface area (Å²) in [6.45, 7) is 2.15. The van der Waals surface area contributed by atoms with E-state index in [1.807, 2.05) is 31.2 Å². The number of benzene rings is 2. The van der Waals surface area contributed by atoms with Crippen molar-refractivity contribution in [1.29, 1.82) is 0 Å². The van der Waals surface area contributed by atoms with Gasteiger partial charge in [0.05, 0.1) is 0 Å². The highest BCUT2D eigenvalue weighted by atomic mass is 35.5. The van der Waals surface area contributed by atoms with Gasteiger partial charge in [-0.2, -0.15) is 0 Å². The van der Waals surface area contributed by atoms with Crippen LogP contribution in [0.25, 0.3) is 0 Å². The first-order valence-electron chi connectivity index (χ1n) is 10.9. The van der Waals surface area contributed by atoms with Crippen molar-refractivity contribution in [2.24, 2.45) is 0 Å². The van der Waals surface area contributed by atoms with Crippen molar-refractivity contribution in [3.63, 3.8) is 0 Å². The molecule has 0 aliphatic heterocycles. The molecule has 4 nitrogen and oxygen atoms in total. The third kappa shape index (κ3) is 6.54. The van der Waals surface area contributed by atoms with Crippen LogP contribution in [0, 0.1) is 12.7 Å². The molecule has 1 fully saturated rings. The maximum atomic E-state index is 13.5. The lowest BCUT2D eigenvalue weighted by atomic mass is 10.0. The van der Waals surface area contributed by atoms with Gasteiger partial charge in [0.2, 0.25) is 11.8 Å². The third-order valence-electron chi connectivity index (χ3n) is 5.86. The van der Waals surface area contributed by atoms with Crippen LogP contribution in [0.15, 0.2) is 48.5 Å². The van der Waals surface area contributed by atoms with E-state index < -0.39 is 6.04 Å². The van der Waals surface area contributed by atoms with Crippen LogP contribution in [0.2, 0.25) is 0 Å². The molecule has 0 saturated heterocycles. The minimum absolute atomic E-state index is 0.113. The monoisotopic (exact) mass is 444 g/mol. The Balaban J connectivity index is 1.92. The van der Waals surface area contributed by atoms with Crippen LogP contribution in [-0.4, -0.2) is 28.6 Å². The van der Waals surface area contributed by atoms with E-state index in [9.17, 15) is 14.0 Å². The highest BCUT2D eigenvalue weighted by Crippen LogP contribution is 2.26. The number of nitrogens with one attached hydrogen (secondary N) is 1. The van der Waals surface area contributed by atoms with Crippen LogP contribution in [0.5, 0.6) is 0 Å². The molecule has 1 aliphatic rings. The van der Waals surface area contributed by atoms with E-state index in [0.717, 1.165) is 42.4 Å². The number of carbonyl (C=O) groups excluding carboxylic acids is 2. The summed E-state index contributed by atoms with van der Waals surface area (Å²) in [5.74, 6) is -1.12. The molecule has 6 heteroatoms. The standard InChI is InChI=1S/C25H30ClFN2O2/c1-18-8-12-20(13-9-18)24(25(31)28-22-6-4-2-3-5-7-22)29(23(30)16-26)17-19-10-14-21(27)15-11-19/h8-15,22,24H,2-7,16-17H2,1H3,(H,28,31). The zero-order chi connectivity index (χ0) is 22.2. The fraction of sp³-hybridized carbons (Fsp3) is 0.440. The van der Waals surface area contributed by atoms with Gasteiger partial charge in [-0.1, -0.05) is 67.6 Å². The summed E-state index contributed by atoms with van der Waals surface area (Å²) in [6, 6.07) is 12.9. The van der Waals surface area contributed by atoms with Gasteiger partial charge in [0.15, 0.2) is 0 Å². The fourth-order valence-corrected chi connectivity index (χ4v) is 4.27. The molecule has 2 amide bonds. The Bertz CT molecular complexity index is 862. The summed E-state index contributed by atoms with van der Waals surface area (Å²) in [5, 5.41) is 3.19. The SMILES string of the molecule is Cc1ccc(C(C(=O)NC2CCCCCC2)N(Cc2ccc(F)cc2)C(=O)CCl)cc1. The molecule has 0 radical (unpaired) electrons. The predicted octanol–water partition coefficient (Wildman–Crippen LogP) is 5.28. The molecule has 2 aromatic carbocycles. The average molecular weight is 445 g/mol. The van der Waals surface area contributed by atoms with Gasteiger partial charge in [-0.15, -0.1) is 11.6 Å². The molecule has 31 heavy (non-hydrogen) atoms. The molecule has 0 spiro atoms. The van der Waals surface area contributed by atoms with Gasteiger partial charge in [0, 0.05) is 12.6 Å². The number of nitrogens with zero attached hydrogens (tertiary/aromatic N) is 1. The lowest BCUT2D eigenvalue weighted by Crippen LogP contribution is -2.46. The molecule has 1 saturated carbocycles. The molecule has 0 aromatic heterocycles. The van der Waals surface area contributed by atoms with Crippen LogP contribution >= 0.6 is 11.6 Å². The fourth-order valence-electron chi connectivity index (χ4n) is 4.11. The summed E-state index contributed by atoms with van der Waals surface area (Å²) in [6.07, 6.45) is 6.48. The number of hydrogen-bond donors (Lipinski definition) is 1. The Morgan fingerprint density at radius 3 is 2.23 bits per heavy atom. The Labute approximate surface area is 188 Å². The van der Waals surface area contributed by atoms with E-state index in [-0.39, 0.29) is 36.1 Å². The minimum atomic E-state index is -0.805. The summed E-state index contributed by atoms with van der Waals surface area (Å²) in [4.78, 5) is 27.9. The number of hydrogen-bond acceptors (Lipinski definition) is 2. The number of amides is 2. The molecular weight excluding hydrogens is 415 g/mol. The number of halogens is 2. The number of rotatable bonds is 7. The number of alkyl halides is 1. The predicted molar refractivity (Wildman–Crippen MR) is 121 cm³/mol. The van der Waals surface area contributed by atoms with Crippen molar-refractivity contribution in [1.82, 2.24) is 10.2 Å². The molecule has 0 bridgehead atoms. The van der Waals surface area contributed by atoms with Gasteiger partial charge in [-0.05, 0) is 43.0 Å². The summed E-state index contributed by atoms with van der Waals surface area (Å²) >= 11 is 5.93. The van der Waals surface area contributed by atoms with E-state index >= 15 is 0 Å². The number of aryl methyl sites for hydroxylation is 1. The molecule has 1 atom stereocenters. The maximum absolute atomic E-state index is 13.5. The molecule has 0 heterocycles. The second kappa shape index (κ2) is 11.3. The first-order valence-corrected chi connectivity index (χ1v) is 11.5. The zero-order valence-corrected chi connectivity index (χ0v) is 18.7. The average Bonchev–Trinajstić information content (AvgIpc) is 3.04. The van der Waals surface area contributed by atoms with Crippen molar-refractivity contribution in [2.75, 3.05) is 5.88 Å². The van der Waals surface area contributed by atoms with Gasteiger partial charge < -0.3 is 10.2 Å². The molecule has 166 valence electrons. The Morgan fingerprint density at radius 2 is 1.65 bits per heavy atom. The van der Waals surface area contributed by atoms with E-state index in [2.05, 4.69) is 5.32 Å². The van der Waals surface area contributed by atoms with Crippen molar-refractivity contribution >= 4 is 23.4 Å². The van der Waals surface area contributed by atoms with Crippen LogP contribution in [0.3, 0.4) is 0 Å². The lowest BCUT2D eigenvalue weighted by molar-refractivity contribution is -0.140. The topological polar surface area (TPSA) is 49.4 Å². The van der Waals surface area contributed by atoms with Gasteiger partial charge in [0.1, 0.15) is 17.7 Å². The van der Waals surface area contributed by atoms with E-state index in [0.29, 0.717) is 0 Å². The van der Waals surface area contributed by atoms with Crippen LogP contribution in [0.1, 0.15) is 61.3 Å². The molecule has 1 aliphatic carbocycles. The zero-order valence-electron chi connectivity index (χ0n) is 17.9. The Hall–Kier alpha value is -2.40. The molecule has 1 unspecified atom stereocenters. The summed E-state index contributed by atoms with van der Waals surface area (Å²) in [5.41, 5.74) is 2.54. The van der Waals surface area contributed by atoms with Crippen molar-refractivity contribution in [2.45, 2.75) is 64.1 Å². The number of carbonyl (C=O) groups is 2. The molecule has 1 N–H and O–H groups in total. The Morgan fingerprint density at radius 1 is 1.03 bits per heavy atom. The second-order valence-corrected chi connectivity index (χ2v) is 8.56. The van der Waals surface area contributed by atoms with Crippen LogP contribution in [-0.2, 0) is 16.1 Å². The molecule has 2 aromatic rings. The minimum Gasteiger partial charge on any atom is -0.351 e. The normalized spacial score (nSPS) is 15.7. The van der Waals surface area contributed by atoms with Crippen molar-refractivity contribution in [3.05, 3.63) is 71.0 Å². The van der Waals surface area contributed by atoms with Gasteiger partial charge in [-0.3, -0.25) is 9.59 Å². The van der Waals surface area contributed by atoms with Crippen LogP contribution < -0.4 is 5.32 Å². The third-order valence-corrected chi connectivity index (χ3v) is 6.08. The van der Waals surface area contributed by atoms with Crippen molar-refractivity contribution in [3.8, 4) is 0 Å². The maximum Gasteiger partial charge on any atom is 0.247 e. The molecule has 3 rings (SSSR count). The highest BCUT2D eigenvalue weighted by Gasteiger charge is 2.32. The highest BCUT2D eigenvalue weighted by molar-refractivity contribution is 6.27. The van der Waals surface area contributed by atoms with Crippen LogP contribution in [0.4, 0.5) is 4.39 Å². The smallest absolute Gasteiger partial charge is 0.247 e. The van der Waals surface area contributed by atoms with E-state index in [1.54, 1.807) is 12.1 Å². The largest absolute Gasteiger partial charge is 0.351 e. The van der Waals surface area contributed by atoms with Gasteiger partial charge in [-0.25, -0.2) is 4.39 Å². The quantitative estimate of drug-likeness (QED) is 0.466.